The Labute approximate surface area is 125 Å². The van der Waals surface area contributed by atoms with E-state index in [2.05, 4.69) is 45.2 Å². The van der Waals surface area contributed by atoms with Gasteiger partial charge in [-0.1, -0.05) is 13.0 Å². The first-order valence-electron chi connectivity index (χ1n) is 6.10. The monoisotopic (exact) mass is 341 g/mol. The largest absolute Gasteiger partial charge is 0.416 e. The normalized spacial score (nSPS) is 12.6. The smallest absolute Gasteiger partial charge is 0.281 e. The molecule has 0 saturated carbocycles. The van der Waals surface area contributed by atoms with Crippen LogP contribution in [0.1, 0.15) is 24.8 Å². The molecule has 102 valence electrons. The van der Waals surface area contributed by atoms with E-state index in [0.717, 1.165) is 22.2 Å². The molecule has 0 aliphatic heterocycles. The second kappa shape index (κ2) is 6.54. The molecule has 2 aromatic rings. The van der Waals surface area contributed by atoms with Crippen LogP contribution >= 0.6 is 27.7 Å². The van der Waals surface area contributed by atoms with Gasteiger partial charge in [0.1, 0.15) is 0 Å². The van der Waals surface area contributed by atoms with Crippen molar-refractivity contribution in [3.05, 3.63) is 34.1 Å². The summed E-state index contributed by atoms with van der Waals surface area (Å²) in [6, 6.07) is 6.45. The zero-order chi connectivity index (χ0) is 13.8. The zero-order valence-corrected chi connectivity index (χ0v) is 13.3. The third-order valence-corrected chi connectivity index (χ3v) is 4.56. The Balaban J connectivity index is 2.10. The molecule has 0 amide bonds. The number of aromatic nitrogens is 2. The Morgan fingerprint density at radius 1 is 1.42 bits per heavy atom. The summed E-state index contributed by atoms with van der Waals surface area (Å²) in [5.74, 6) is 0.573. The highest BCUT2D eigenvalue weighted by molar-refractivity contribution is 9.10. The number of benzene rings is 1. The molecule has 0 aliphatic carbocycles. The lowest BCUT2D eigenvalue weighted by atomic mass is 10.1. The van der Waals surface area contributed by atoms with Crippen LogP contribution in [0.15, 0.2) is 37.2 Å². The Hall–Kier alpha value is -0.850. The van der Waals surface area contributed by atoms with Crippen LogP contribution in [0, 0.1) is 6.92 Å². The van der Waals surface area contributed by atoms with Gasteiger partial charge in [0.2, 0.25) is 5.89 Å². The number of hydrogen-bond donors (Lipinski definition) is 1. The summed E-state index contributed by atoms with van der Waals surface area (Å²) < 4.78 is 6.38. The van der Waals surface area contributed by atoms with Crippen LogP contribution in [0.5, 0.6) is 0 Å². The van der Waals surface area contributed by atoms with Crippen molar-refractivity contribution in [3.63, 3.8) is 0 Å². The number of rotatable bonds is 5. The highest BCUT2D eigenvalue weighted by Gasteiger charge is 2.10. The van der Waals surface area contributed by atoms with Crippen LogP contribution in [0.2, 0.25) is 0 Å². The first-order chi connectivity index (χ1) is 9.08. The van der Waals surface area contributed by atoms with Gasteiger partial charge in [-0.05, 0) is 58.2 Å². The molecule has 0 bridgehead atoms. The molecule has 1 atom stereocenters. The average Bonchev–Trinajstić information content (AvgIpc) is 2.78. The van der Waals surface area contributed by atoms with Crippen LogP contribution in [0.4, 0.5) is 0 Å². The van der Waals surface area contributed by atoms with Crippen molar-refractivity contribution in [2.24, 2.45) is 5.73 Å². The van der Waals surface area contributed by atoms with Gasteiger partial charge >= 0.3 is 0 Å². The minimum Gasteiger partial charge on any atom is -0.416 e. The molecule has 19 heavy (non-hydrogen) atoms. The van der Waals surface area contributed by atoms with Gasteiger partial charge < -0.3 is 10.2 Å². The van der Waals surface area contributed by atoms with E-state index in [1.165, 1.54) is 17.3 Å². The molecular weight excluding hydrogens is 326 g/mol. The number of halogens is 1. The van der Waals surface area contributed by atoms with Crippen LogP contribution < -0.4 is 5.73 Å². The first-order valence-corrected chi connectivity index (χ1v) is 7.71. The molecule has 0 radical (unpaired) electrons. The van der Waals surface area contributed by atoms with Gasteiger partial charge in [0, 0.05) is 22.3 Å². The summed E-state index contributed by atoms with van der Waals surface area (Å²) in [6.45, 7) is 3.88. The average molecular weight is 342 g/mol. The van der Waals surface area contributed by atoms with E-state index in [4.69, 9.17) is 10.2 Å². The molecular formula is C13H16BrN3OS. The van der Waals surface area contributed by atoms with Crippen LogP contribution in [0.25, 0.3) is 0 Å². The molecule has 6 heteroatoms. The van der Waals surface area contributed by atoms with Gasteiger partial charge in [0.05, 0.1) is 0 Å². The standard InChI is InChI=1S/C13H16BrN3OS/c1-3-10(15)6-9-4-5-12(11(14)7-9)19-13-17-16-8(2)18-13/h4-5,7,10H,3,6,15H2,1-2H3. The molecule has 1 heterocycles. The fourth-order valence-corrected chi connectivity index (χ4v) is 3.01. The quantitative estimate of drug-likeness (QED) is 0.900. The minimum absolute atomic E-state index is 0.212. The van der Waals surface area contributed by atoms with E-state index in [-0.39, 0.29) is 6.04 Å². The van der Waals surface area contributed by atoms with Gasteiger partial charge in [-0.2, -0.15) is 0 Å². The van der Waals surface area contributed by atoms with Crippen molar-refractivity contribution in [3.8, 4) is 0 Å². The maximum Gasteiger partial charge on any atom is 0.281 e. The summed E-state index contributed by atoms with van der Waals surface area (Å²) in [5, 5.41) is 8.33. The van der Waals surface area contributed by atoms with Crippen molar-refractivity contribution >= 4 is 27.7 Å². The fraction of sp³-hybridized carbons (Fsp3) is 0.385. The van der Waals surface area contributed by atoms with Crippen molar-refractivity contribution < 1.29 is 4.42 Å². The molecule has 0 saturated heterocycles. The SMILES string of the molecule is CCC(N)Cc1ccc(Sc2nnc(C)o2)c(Br)c1. The lowest BCUT2D eigenvalue weighted by Gasteiger charge is -2.10. The number of aryl methyl sites for hydroxylation is 1. The molecule has 2 rings (SSSR count). The molecule has 2 N–H and O–H groups in total. The molecule has 1 aromatic heterocycles. The van der Waals surface area contributed by atoms with E-state index in [9.17, 15) is 0 Å². The molecule has 0 spiro atoms. The molecule has 0 aliphatic rings. The molecule has 1 aromatic carbocycles. The number of nitrogens with zero attached hydrogens (tertiary/aromatic N) is 2. The second-order valence-corrected chi connectivity index (χ2v) is 6.17. The topological polar surface area (TPSA) is 64.9 Å². The van der Waals surface area contributed by atoms with Crippen molar-refractivity contribution in [2.75, 3.05) is 0 Å². The van der Waals surface area contributed by atoms with Crippen LogP contribution in [0.3, 0.4) is 0 Å². The fourth-order valence-electron chi connectivity index (χ4n) is 1.61. The van der Waals surface area contributed by atoms with Gasteiger partial charge in [-0.15, -0.1) is 10.2 Å². The minimum atomic E-state index is 0.212. The lowest BCUT2D eigenvalue weighted by molar-refractivity contribution is 0.429. The highest BCUT2D eigenvalue weighted by Crippen LogP contribution is 2.33. The number of hydrogen-bond acceptors (Lipinski definition) is 5. The van der Waals surface area contributed by atoms with Gasteiger partial charge in [0.15, 0.2) is 0 Å². The van der Waals surface area contributed by atoms with Crippen LogP contribution in [-0.4, -0.2) is 16.2 Å². The van der Waals surface area contributed by atoms with Gasteiger partial charge in [-0.3, -0.25) is 0 Å². The van der Waals surface area contributed by atoms with Crippen molar-refractivity contribution in [1.82, 2.24) is 10.2 Å². The lowest BCUT2D eigenvalue weighted by Crippen LogP contribution is -2.21. The predicted octanol–water partition coefficient (Wildman–Crippen LogP) is 3.57. The van der Waals surface area contributed by atoms with Crippen LogP contribution in [-0.2, 0) is 6.42 Å². The third kappa shape index (κ3) is 4.06. The molecule has 1 unspecified atom stereocenters. The van der Waals surface area contributed by atoms with E-state index in [1.54, 1.807) is 6.92 Å². The maximum absolute atomic E-state index is 5.97. The molecule has 4 nitrogen and oxygen atoms in total. The summed E-state index contributed by atoms with van der Waals surface area (Å²) in [7, 11) is 0. The Morgan fingerprint density at radius 2 is 2.21 bits per heavy atom. The van der Waals surface area contributed by atoms with E-state index in [0.29, 0.717) is 11.1 Å². The Bertz CT molecular complexity index is 559. The second-order valence-electron chi connectivity index (χ2n) is 4.33. The third-order valence-electron chi connectivity index (χ3n) is 2.72. The summed E-state index contributed by atoms with van der Waals surface area (Å²) in [6.07, 6.45) is 1.87. The van der Waals surface area contributed by atoms with E-state index >= 15 is 0 Å². The Kier molecular flexibility index (Phi) is 5.01. The van der Waals surface area contributed by atoms with Gasteiger partial charge in [-0.25, -0.2) is 0 Å². The zero-order valence-electron chi connectivity index (χ0n) is 10.9. The highest BCUT2D eigenvalue weighted by atomic mass is 79.9. The molecule has 0 fully saturated rings. The predicted molar refractivity (Wildman–Crippen MR) is 79.3 cm³/mol. The van der Waals surface area contributed by atoms with E-state index < -0.39 is 0 Å². The summed E-state index contributed by atoms with van der Waals surface area (Å²) in [5.41, 5.74) is 7.19. The summed E-state index contributed by atoms with van der Waals surface area (Å²) in [4.78, 5) is 1.05. The summed E-state index contributed by atoms with van der Waals surface area (Å²) >= 11 is 5.02. The van der Waals surface area contributed by atoms with Crippen molar-refractivity contribution in [2.45, 2.75) is 42.8 Å². The van der Waals surface area contributed by atoms with Gasteiger partial charge in [0.25, 0.3) is 5.22 Å². The number of nitrogens with two attached hydrogens (primary N) is 1. The maximum atomic E-state index is 5.97. The first kappa shape index (κ1) is 14.6. The van der Waals surface area contributed by atoms with Crippen molar-refractivity contribution in [1.29, 1.82) is 0 Å². The van der Waals surface area contributed by atoms with E-state index in [1.807, 2.05) is 6.07 Å². The Morgan fingerprint density at radius 3 is 2.79 bits per heavy atom.